The van der Waals surface area contributed by atoms with E-state index in [-0.39, 0.29) is 48.0 Å². The lowest BCUT2D eigenvalue weighted by Gasteiger charge is -1.84. The van der Waals surface area contributed by atoms with Gasteiger partial charge in [-0.1, -0.05) is 0 Å². The van der Waals surface area contributed by atoms with E-state index in [9.17, 15) is 17.3 Å². The van der Waals surface area contributed by atoms with Crippen molar-refractivity contribution in [3.63, 3.8) is 0 Å². The highest BCUT2D eigenvalue weighted by atomic mass is 127. The Bertz CT molecular complexity index is 34.7. The SMILES string of the molecule is [I+].[I+].[O-]B(F)F.[O-]B(F)F. The molecule has 60 valence electrons. The van der Waals surface area contributed by atoms with Crippen LogP contribution in [0.15, 0.2) is 0 Å². The summed E-state index contributed by atoms with van der Waals surface area (Å²) in [6.45, 7) is 0. The van der Waals surface area contributed by atoms with Crippen LogP contribution in [0.5, 0.6) is 0 Å². The Morgan fingerprint density at radius 2 is 0.700 bits per heavy atom. The Morgan fingerprint density at radius 3 is 0.700 bits per heavy atom. The van der Waals surface area contributed by atoms with Gasteiger partial charge in [-0.05, 0) is 0 Å². The van der Waals surface area contributed by atoms with Gasteiger partial charge in [-0.3, -0.25) is 0 Å². The smallest absolute Gasteiger partial charge is 0.824 e. The molecule has 0 aliphatic rings. The van der Waals surface area contributed by atoms with E-state index in [2.05, 4.69) is 0 Å². The molecule has 2 nitrogen and oxygen atoms in total. The van der Waals surface area contributed by atoms with Crippen LogP contribution in [0.1, 0.15) is 0 Å². The van der Waals surface area contributed by atoms with Crippen LogP contribution in [-0.4, -0.2) is 14.9 Å². The van der Waals surface area contributed by atoms with E-state index in [1.807, 2.05) is 0 Å². The summed E-state index contributed by atoms with van der Waals surface area (Å²) in [6, 6.07) is 0. The predicted molar refractivity (Wildman–Crippen MR) is 15.9 cm³/mol. The van der Waals surface area contributed by atoms with Crippen molar-refractivity contribution >= 4 is 14.9 Å². The zero-order valence-corrected chi connectivity index (χ0v) is 8.55. The molecule has 0 atom stereocenters. The van der Waals surface area contributed by atoms with Crippen LogP contribution in [0, 0.1) is 0 Å². The highest BCUT2D eigenvalue weighted by Crippen LogP contribution is 1.63. The van der Waals surface area contributed by atoms with E-state index >= 15 is 0 Å². The Labute approximate surface area is 89.8 Å². The second kappa shape index (κ2) is 16.7. The number of hydrogen-bond donors (Lipinski definition) is 0. The summed E-state index contributed by atoms with van der Waals surface area (Å²) in [5, 5.41) is 16.4. The normalized spacial score (nSPS) is 5.40. The van der Waals surface area contributed by atoms with Crippen LogP contribution < -0.4 is 58.0 Å². The summed E-state index contributed by atoms with van der Waals surface area (Å²) in [5.41, 5.74) is 0. The summed E-state index contributed by atoms with van der Waals surface area (Å²) in [7, 11) is -6.83. The summed E-state index contributed by atoms with van der Waals surface area (Å²) in [4.78, 5) is 0. The molecule has 0 rings (SSSR count). The summed E-state index contributed by atoms with van der Waals surface area (Å²) >= 11 is 0. The van der Waals surface area contributed by atoms with E-state index in [4.69, 9.17) is 10.0 Å². The fourth-order valence-corrected chi connectivity index (χ4v) is 0. The van der Waals surface area contributed by atoms with E-state index in [0.29, 0.717) is 0 Å². The van der Waals surface area contributed by atoms with E-state index in [1.165, 1.54) is 0 Å². The summed E-state index contributed by atoms with van der Waals surface area (Å²) < 4.78 is 39.1. The zero-order valence-electron chi connectivity index (χ0n) is 4.24. The van der Waals surface area contributed by atoms with Gasteiger partial charge < -0.3 is 27.3 Å². The van der Waals surface area contributed by atoms with Crippen molar-refractivity contribution in [2.75, 3.05) is 0 Å². The minimum Gasteiger partial charge on any atom is -0.824 e. The monoisotopic (exact) mass is 384 g/mol. The van der Waals surface area contributed by atoms with Gasteiger partial charge in [0.1, 0.15) is 0 Å². The molecule has 0 unspecified atom stereocenters. The molecule has 0 amide bonds. The molecule has 0 fully saturated rings. The Morgan fingerprint density at radius 1 is 0.700 bits per heavy atom. The Hall–Kier alpha value is 1.23. The van der Waals surface area contributed by atoms with Crippen LogP contribution >= 0.6 is 0 Å². The van der Waals surface area contributed by atoms with Gasteiger partial charge in [-0.25, -0.2) is 0 Å². The molecule has 0 N–H and O–H groups in total. The van der Waals surface area contributed by atoms with Gasteiger partial charge in [-0.15, -0.1) is 0 Å². The molecule has 4 radical (unpaired) electrons. The molecule has 0 heterocycles. The van der Waals surface area contributed by atoms with E-state index < -0.39 is 14.9 Å². The van der Waals surface area contributed by atoms with Crippen LogP contribution in [0.3, 0.4) is 0 Å². The molecule has 0 aliphatic carbocycles. The standard InChI is InChI=1S/2BF2O.2I/c2*2-1(3)4;;/q2*-1;2*+1. The molecule has 0 aromatic heterocycles. The minimum absolute atomic E-state index is 0. The first-order chi connectivity index (χ1) is 3.46. The second-order valence-electron chi connectivity index (χ2n) is 0.521. The Balaban J connectivity index is -0.0000000300. The highest BCUT2D eigenvalue weighted by Gasteiger charge is 1.79. The maximum absolute atomic E-state index is 9.78. The van der Waals surface area contributed by atoms with Crippen LogP contribution in [0.4, 0.5) is 17.3 Å². The van der Waals surface area contributed by atoms with Crippen molar-refractivity contribution < 1.29 is 75.3 Å². The Kier molecular flexibility index (Phi) is 37.5. The summed E-state index contributed by atoms with van der Waals surface area (Å²) in [6.07, 6.45) is 0. The number of halogens is 6. The highest BCUT2D eigenvalue weighted by molar-refractivity contribution is 6.30. The van der Waals surface area contributed by atoms with Crippen molar-refractivity contribution in [2.24, 2.45) is 0 Å². The third kappa shape index (κ3) is 413. The predicted octanol–water partition coefficient (Wildman–Crippen LogP) is -7.45. The lowest BCUT2D eigenvalue weighted by molar-refractivity contribution is -0.224. The van der Waals surface area contributed by atoms with Gasteiger partial charge in [0.05, 0.1) is 0 Å². The maximum atomic E-state index is 9.78. The average molecular weight is 383 g/mol. The second-order valence-corrected chi connectivity index (χ2v) is 0.521. The first-order valence-corrected chi connectivity index (χ1v) is 1.34. The van der Waals surface area contributed by atoms with Crippen molar-refractivity contribution in [1.29, 1.82) is 0 Å². The molecule has 0 aromatic carbocycles. The van der Waals surface area contributed by atoms with Crippen molar-refractivity contribution in [1.82, 2.24) is 0 Å². The molecule has 0 aliphatic heterocycles. The van der Waals surface area contributed by atoms with Gasteiger partial charge in [0.25, 0.3) is 0 Å². The molecule has 0 bridgehead atoms. The zero-order chi connectivity index (χ0) is 7.15. The fourth-order valence-electron chi connectivity index (χ4n) is 0. The first kappa shape index (κ1) is 22.5. The van der Waals surface area contributed by atoms with Gasteiger partial charge in [0, 0.05) is 0 Å². The van der Waals surface area contributed by atoms with Gasteiger partial charge >= 0.3 is 62.9 Å². The molecule has 0 saturated heterocycles. The summed E-state index contributed by atoms with van der Waals surface area (Å²) in [5.74, 6) is 0. The van der Waals surface area contributed by atoms with Crippen LogP contribution in [0.2, 0.25) is 0 Å². The first-order valence-electron chi connectivity index (χ1n) is 1.34. The van der Waals surface area contributed by atoms with E-state index in [0.717, 1.165) is 0 Å². The largest absolute Gasteiger partial charge is 1.00 e. The van der Waals surface area contributed by atoms with Gasteiger partial charge in [0.15, 0.2) is 0 Å². The maximum Gasteiger partial charge on any atom is 1.00 e. The fraction of sp³-hybridized carbons (Fsp3) is 0. The van der Waals surface area contributed by atoms with E-state index in [1.54, 1.807) is 0 Å². The lowest BCUT2D eigenvalue weighted by Crippen LogP contribution is -3.00. The van der Waals surface area contributed by atoms with Crippen molar-refractivity contribution in [2.45, 2.75) is 0 Å². The molecular formula is B2F4I2O2. The third-order valence-electron chi connectivity index (χ3n) is 0. The lowest BCUT2D eigenvalue weighted by atomic mass is 10.4. The molecule has 0 aromatic rings. The number of hydrogen-bond acceptors (Lipinski definition) is 2. The van der Waals surface area contributed by atoms with Crippen molar-refractivity contribution in [3.8, 4) is 0 Å². The van der Waals surface area contributed by atoms with Crippen LogP contribution in [-0.2, 0) is 0 Å². The minimum atomic E-state index is -3.42. The molecule has 0 spiro atoms. The average Bonchev–Trinajstić information content (AvgIpc) is 1.25. The molecule has 0 saturated carbocycles. The van der Waals surface area contributed by atoms with Crippen molar-refractivity contribution in [3.05, 3.63) is 0 Å². The van der Waals surface area contributed by atoms with Gasteiger partial charge in [0.2, 0.25) is 0 Å². The molecular weight excluding hydrogens is 383 g/mol. The third-order valence-corrected chi connectivity index (χ3v) is 0. The van der Waals surface area contributed by atoms with Crippen LogP contribution in [0.25, 0.3) is 0 Å². The molecule has 10 heteroatoms. The molecule has 10 heavy (non-hydrogen) atoms. The topological polar surface area (TPSA) is 46.1 Å². The van der Waals surface area contributed by atoms with Gasteiger partial charge in [-0.2, -0.15) is 0 Å². The number of rotatable bonds is 0. The quantitative estimate of drug-likeness (QED) is 0.237.